The number of hydrogen-bond donors (Lipinski definition) is 1. The molecule has 4 nitrogen and oxygen atoms in total. The Morgan fingerprint density at radius 1 is 1.50 bits per heavy atom. The second-order valence-corrected chi connectivity index (χ2v) is 4.14. The normalized spacial score (nSPS) is 12.6. The van der Waals surface area contributed by atoms with Gasteiger partial charge in [-0.1, -0.05) is 6.92 Å². The van der Waals surface area contributed by atoms with Gasteiger partial charge in [-0.25, -0.2) is 0 Å². The molecule has 7 heteroatoms. The summed E-state index contributed by atoms with van der Waals surface area (Å²) in [6.07, 6.45) is 1.28. The van der Waals surface area contributed by atoms with Crippen LogP contribution in [0.2, 0.25) is 0 Å². The first-order chi connectivity index (χ1) is 9.29. The van der Waals surface area contributed by atoms with Crippen LogP contribution >= 0.6 is 0 Å². The van der Waals surface area contributed by atoms with E-state index in [1.807, 2.05) is 0 Å². The molecule has 0 aromatic heterocycles. The lowest BCUT2D eigenvalue weighted by molar-refractivity contribution is -0.385. The van der Waals surface area contributed by atoms with Gasteiger partial charge in [-0.15, -0.1) is 12.3 Å². The molecule has 108 valence electrons. The molecule has 1 aromatic rings. The van der Waals surface area contributed by atoms with Crippen molar-refractivity contribution >= 4 is 11.4 Å². The van der Waals surface area contributed by atoms with Gasteiger partial charge < -0.3 is 5.32 Å². The molecule has 0 heterocycles. The van der Waals surface area contributed by atoms with Crippen molar-refractivity contribution in [3.63, 3.8) is 0 Å². The maximum absolute atomic E-state index is 12.9. The molecule has 1 aromatic carbocycles. The van der Waals surface area contributed by atoms with Gasteiger partial charge in [0.2, 0.25) is 0 Å². The first-order valence-corrected chi connectivity index (χ1v) is 5.85. The second-order valence-electron chi connectivity index (χ2n) is 4.14. The van der Waals surface area contributed by atoms with Crippen LogP contribution in [0.25, 0.3) is 0 Å². The largest absolute Gasteiger partial charge is 0.418 e. The molecule has 0 saturated carbocycles. The lowest BCUT2D eigenvalue weighted by Gasteiger charge is -2.19. The summed E-state index contributed by atoms with van der Waals surface area (Å²) in [7, 11) is 0. The molecule has 20 heavy (non-hydrogen) atoms. The number of nitro groups is 1. The van der Waals surface area contributed by atoms with E-state index in [4.69, 9.17) is 6.42 Å². The second kappa shape index (κ2) is 6.28. The van der Waals surface area contributed by atoms with E-state index in [-0.39, 0.29) is 18.2 Å². The molecular weight excluding hydrogens is 273 g/mol. The van der Waals surface area contributed by atoms with Crippen molar-refractivity contribution in [2.75, 3.05) is 5.32 Å². The summed E-state index contributed by atoms with van der Waals surface area (Å²) in [5.74, 6) is 2.37. The monoisotopic (exact) mass is 286 g/mol. The van der Waals surface area contributed by atoms with Crippen molar-refractivity contribution in [3.8, 4) is 12.3 Å². The van der Waals surface area contributed by atoms with Crippen LogP contribution in [-0.2, 0) is 6.18 Å². The van der Waals surface area contributed by atoms with E-state index < -0.39 is 22.4 Å². The highest BCUT2D eigenvalue weighted by Crippen LogP contribution is 2.37. The predicted octanol–water partition coefficient (Wildman–Crippen LogP) is 3.83. The number of hydrogen-bond acceptors (Lipinski definition) is 3. The van der Waals surface area contributed by atoms with Crippen LogP contribution in [0.5, 0.6) is 0 Å². The molecule has 0 aliphatic rings. The Morgan fingerprint density at radius 3 is 2.60 bits per heavy atom. The van der Waals surface area contributed by atoms with Crippen molar-refractivity contribution in [2.45, 2.75) is 32.0 Å². The highest BCUT2D eigenvalue weighted by atomic mass is 19.4. The molecule has 0 aliphatic heterocycles. The fourth-order valence-corrected chi connectivity index (χ4v) is 1.67. The summed E-state index contributed by atoms with van der Waals surface area (Å²) in [6.45, 7) is 1.79. The molecule has 0 amide bonds. The average Bonchev–Trinajstić information content (AvgIpc) is 2.37. The standard InChI is InChI=1S/C13H13F3N2O2/c1-3-5-9(4-2)17-12-7-6-10(18(19)20)8-11(12)13(14,15)16/h1,6-9,17H,4-5H2,2H3. The molecule has 0 bridgehead atoms. The molecule has 1 N–H and O–H groups in total. The Morgan fingerprint density at radius 2 is 2.15 bits per heavy atom. The highest BCUT2D eigenvalue weighted by Gasteiger charge is 2.35. The van der Waals surface area contributed by atoms with Crippen LogP contribution in [0.3, 0.4) is 0 Å². The topological polar surface area (TPSA) is 55.2 Å². The van der Waals surface area contributed by atoms with E-state index >= 15 is 0 Å². The Hall–Kier alpha value is -2.23. The van der Waals surface area contributed by atoms with Crippen molar-refractivity contribution < 1.29 is 18.1 Å². The molecule has 1 atom stereocenters. The van der Waals surface area contributed by atoms with Gasteiger partial charge in [0.15, 0.2) is 0 Å². The van der Waals surface area contributed by atoms with Gasteiger partial charge in [-0.2, -0.15) is 13.2 Å². The number of alkyl halides is 3. The number of non-ortho nitro benzene ring substituents is 1. The Bertz CT molecular complexity index is 535. The van der Waals surface area contributed by atoms with E-state index in [9.17, 15) is 23.3 Å². The van der Waals surface area contributed by atoms with Crippen LogP contribution in [0.1, 0.15) is 25.3 Å². The summed E-state index contributed by atoms with van der Waals surface area (Å²) in [5, 5.41) is 13.2. The Kier molecular flexibility index (Phi) is 4.97. The quantitative estimate of drug-likeness (QED) is 0.508. The summed E-state index contributed by atoms with van der Waals surface area (Å²) in [5.41, 5.74) is -1.87. The van der Waals surface area contributed by atoms with E-state index in [2.05, 4.69) is 11.2 Å². The van der Waals surface area contributed by atoms with Crippen molar-refractivity contribution in [2.24, 2.45) is 0 Å². The third kappa shape index (κ3) is 3.88. The number of nitrogens with one attached hydrogen (secondary N) is 1. The van der Waals surface area contributed by atoms with E-state index in [1.165, 1.54) is 0 Å². The average molecular weight is 286 g/mol. The number of terminal acetylenes is 1. The molecule has 0 saturated heterocycles. The molecule has 0 fully saturated rings. The molecule has 0 spiro atoms. The molecule has 0 radical (unpaired) electrons. The van der Waals surface area contributed by atoms with Crippen molar-refractivity contribution in [1.82, 2.24) is 0 Å². The van der Waals surface area contributed by atoms with Crippen LogP contribution in [0.15, 0.2) is 18.2 Å². The first-order valence-electron chi connectivity index (χ1n) is 5.85. The Balaban J connectivity index is 3.19. The van der Waals surface area contributed by atoms with Gasteiger partial charge in [0.1, 0.15) is 0 Å². The number of nitro benzene ring substituents is 1. The summed E-state index contributed by atoms with van der Waals surface area (Å²) in [4.78, 5) is 9.70. The number of anilines is 1. The predicted molar refractivity (Wildman–Crippen MR) is 69.3 cm³/mol. The smallest absolute Gasteiger partial charge is 0.381 e. The maximum atomic E-state index is 12.9. The summed E-state index contributed by atoms with van der Waals surface area (Å²) in [6, 6.07) is 2.29. The highest BCUT2D eigenvalue weighted by molar-refractivity contribution is 5.58. The Labute approximate surface area is 114 Å². The lowest BCUT2D eigenvalue weighted by atomic mass is 10.1. The zero-order valence-electron chi connectivity index (χ0n) is 10.7. The van der Waals surface area contributed by atoms with Crippen LogP contribution in [0, 0.1) is 22.5 Å². The maximum Gasteiger partial charge on any atom is 0.418 e. The first kappa shape index (κ1) is 15.8. The third-order valence-corrected chi connectivity index (χ3v) is 2.74. The SMILES string of the molecule is C#CCC(CC)Nc1ccc([N+](=O)[O-])cc1C(F)(F)F. The minimum Gasteiger partial charge on any atom is -0.381 e. The van der Waals surface area contributed by atoms with Gasteiger partial charge >= 0.3 is 6.18 Å². The fourth-order valence-electron chi connectivity index (χ4n) is 1.67. The number of benzene rings is 1. The summed E-state index contributed by atoms with van der Waals surface area (Å²) >= 11 is 0. The van der Waals surface area contributed by atoms with Crippen LogP contribution < -0.4 is 5.32 Å². The zero-order valence-corrected chi connectivity index (χ0v) is 10.7. The van der Waals surface area contributed by atoms with Crippen LogP contribution in [0.4, 0.5) is 24.5 Å². The van der Waals surface area contributed by atoms with E-state index in [0.717, 1.165) is 12.1 Å². The zero-order chi connectivity index (χ0) is 15.3. The van der Waals surface area contributed by atoms with Crippen LogP contribution in [-0.4, -0.2) is 11.0 Å². The summed E-state index contributed by atoms with van der Waals surface area (Å²) < 4.78 is 38.8. The molecule has 0 aliphatic carbocycles. The minimum absolute atomic E-state index is 0.204. The third-order valence-electron chi connectivity index (χ3n) is 2.74. The minimum atomic E-state index is -4.68. The molecular formula is C13H13F3N2O2. The lowest BCUT2D eigenvalue weighted by Crippen LogP contribution is -2.20. The van der Waals surface area contributed by atoms with Gasteiger partial charge in [0.05, 0.1) is 10.5 Å². The van der Waals surface area contributed by atoms with Gasteiger partial charge in [0.25, 0.3) is 5.69 Å². The van der Waals surface area contributed by atoms with Crippen molar-refractivity contribution in [1.29, 1.82) is 0 Å². The van der Waals surface area contributed by atoms with E-state index in [1.54, 1.807) is 6.92 Å². The number of halogens is 3. The van der Waals surface area contributed by atoms with E-state index in [0.29, 0.717) is 12.5 Å². The van der Waals surface area contributed by atoms with Gasteiger partial charge in [0, 0.05) is 30.3 Å². The van der Waals surface area contributed by atoms with Crippen molar-refractivity contribution in [3.05, 3.63) is 33.9 Å². The fraction of sp³-hybridized carbons (Fsp3) is 0.385. The molecule has 1 rings (SSSR count). The number of nitrogens with zero attached hydrogens (tertiary/aromatic N) is 1. The number of rotatable bonds is 5. The molecule has 1 unspecified atom stereocenters. The van der Waals surface area contributed by atoms with Gasteiger partial charge in [-0.05, 0) is 12.5 Å². The van der Waals surface area contributed by atoms with Gasteiger partial charge in [-0.3, -0.25) is 10.1 Å².